The van der Waals surface area contributed by atoms with E-state index in [0.29, 0.717) is 29.8 Å². The summed E-state index contributed by atoms with van der Waals surface area (Å²) < 4.78 is 10.4. The maximum absolute atomic E-state index is 11.9. The molecule has 1 fully saturated rings. The quantitative estimate of drug-likeness (QED) is 0.756. The third kappa shape index (κ3) is 5.58. The van der Waals surface area contributed by atoms with Gasteiger partial charge in [0, 0.05) is 43.3 Å². The SMILES string of the molecule is C1=CC2Nc3ccccc3C2C=C1.COc1cccc(C(=O)NCCN2CCOCC2)c1. The average molecular weight is 434 g/mol. The minimum absolute atomic E-state index is 0.0628. The van der Waals surface area contributed by atoms with E-state index in [0.717, 1.165) is 32.8 Å². The molecule has 5 rings (SSSR count). The molecule has 2 aromatic carbocycles. The number of nitrogens with one attached hydrogen (secondary N) is 2. The van der Waals surface area contributed by atoms with Gasteiger partial charge in [0.15, 0.2) is 0 Å². The normalized spacial score (nSPS) is 20.9. The predicted octanol–water partition coefficient (Wildman–Crippen LogP) is 3.45. The lowest BCUT2D eigenvalue weighted by Crippen LogP contribution is -2.41. The van der Waals surface area contributed by atoms with Crippen LogP contribution in [-0.2, 0) is 4.74 Å². The van der Waals surface area contributed by atoms with Crippen molar-refractivity contribution < 1.29 is 14.3 Å². The number of benzene rings is 2. The molecule has 2 atom stereocenters. The summed E-state index contributed by atoms with van der Waals surface area (Å²) >= 11 is 0. The number of allylic oxidation sites excluding steroid dienone is 2. The van der Waals surface area contributed by atoms with Crippen molar-refractivity contribution in [1.82, 2.24) is 10.2 Å². The first-order valence-corrected chi connectivity index (χ1v) is 11.2. The maximum atomic E-state index is 11.9. The summed E-state index contributed by atoms with van der Waals surface area (Å²) in [6.45, 7) is 4.95. The van der Waals surface area contributed by atoms with Gasteiger partial charge in [-0.25, -0.2) is 0 Å². The number of hydrogen-bond acceptors (Lipinski definition) is 5. The number of anilines is 1. The first-order valence-electron chi connectivity index (χ1n) is 11.2. The van der Waals surface area contributed by atoms with Crippen molar-refractivity contribution in [2.24, 2.45) is 0 Å². The van der Waals surface area contributed by atoms with Crippen LogP contribution in [0.3, 0.4) is 0 Å². The van der Waals surface area contributed by atoms with E-state index < -0.39 is 0 Å². The molecule has 0 saturated carbocycles. The molecule has 2 aromatic rings. The van der Waals surface area contributed by atoms with E-state index in [2.05, 4.69) is 64.1 Å². The standard InChI is InChI=1S/C14H20N2O3.C12H11N/c1-18-13-4-2-3-12(11-13)14(17)15-5-6-16-7-9-19-10-8-16;1-3-7-11-9(5-1)10-6-2-4-8-12(10)13-11/h2-4,11H,5-10H2,1H3,(H,15,17);1-9,11,13H. The Kier molecular flexibility index (Phi) is 7.59. The highest BCUT2D eigenvalue weighted by Gasteiger charge is 2.28. The molecule has 1 amide bonds. The van der Waals surface area contributed by atoms with E-state index in [-0.39, 0.29) is 5.91 Å². The van der Waals surface area contributed by atoms with Crippen molar-refractivity contribution in [3.05, 3.63) is 84.0 Å². The van der Waals surface area contributed by atoms with Crippen LogP contribution in [0.15, 0.2) is 72.8 Å². The fourth-order valence-electron chi connectivity index (χ4n) is 4.16. The molecule has 2 unspecified atom stereocenters. The number of carbonyl (C=O) groups excluding carboxylic acids is 1. The molecule has 2 N–H and O–H groups in total. The molecule has 32 heavy (non-hydrogen) atoms. The van der Waals surface area contributed by atoms with Crippen LogP contribution in [0.5, 0.6) is 5.75 Å². The van der Waals surface area contributed by atoms with E-state index in [1.165, 1.54) is 11.3 Å². The molecular formula is C26H31N3O3. The van der Waals surface area contributed by atoms with Gasteiger partial charge in [0.05, 0.1) is 26.4 Å². The third-order valence-corrected chi connectivity index (χ3v) is 5.93. The van der Waals surface area contributed by atoms with E-state index in [1.807, 2.05) is 12.1 Å². The Morgan fingerprint density at radius 1 is 1.12 bits per heavy atom. The number of ether oxygens (including phenoxy) is 2. The van der Waals surface area contributed by atoms with Crippen LogP contribution in [0.2, 0.25) is 0 Å². The van der Waals surface area contributed by atoms with Gasteiger partial charge in [-0.15, -0.1) is 0 Å². The maximum Gasteiger partial charge on any atom is 0.251 e. The lowest BCUT2D eigenvalue weighted by Gasteiger charge is -2.26. The molecule has 0 aromatic heterocycles. The molecule has 2 heterocycles. The van der Waals surface area contributed by atoms with Gasteiger partial charge in [0.1, 0.15) is 5.75 Å². The number of hydrogen-bond donors (Lipinski definition) is 2. The fraction of sp³-hybridized carbons (Fsp3) is 0.346. The summed E-state index contributed by atoms with van der Waals surface area (Å²) in [7, 11) is 1.59. The highest BCUT2D eigenvalue weighted by molar-refractivity contribution is 5.94. The number of amides is 1. The minimum Gasteiger partial charge on any atom is -0.497 e. The van der Waals surface area contributed by atoms with E-state index in [9.17, 15) is 4.79 Å². The molecule has 0 spiro atoms. The molecule has 0 radical (unpaired) electrons. The van der Waals surface area contributed by atoms with Crippen molar-refractivity contribution in [1.29, 1.82) is 0 Å². The topological polar surface area (TPSA) is 62.8 Å². The first kappa shape index (κ1) is 22.1. The van der Waals surface area contributed by atoms with Gasteiger partial charge in [-0.1, -0.05) is 48.6 Å². The average Bonchev–Trinajstić information content (AvgIpc) is 3.24. The molecular weight excluding hydrogens is 402 g/mol. The van der Waals surface area contributed by atoms with Crippen LogP contribution in [0.1, 0.15) is 21.8 Å². The summed E-state index contributed by atoms with van der Waals surface area (Å²) in [5.74, 6) is 1.18. The molecule has 1 aliphatic carbocycles. The molecule has 3 aliphatic rings. The zero-order valence-electron chi connectivity index (χ0n) is 18.5. The van der Waals surface area contributed by atoms with Crippen molar-refractivity contribution in [2.45, 2.75) is 12.0 Å². The molecule has 6 nitrogen and oxygen atoms in total. The van der Waals surface area contributed by atoms with Crippen LogP contribution < -0.4 is 15.4 Å². The van der Waals surface area contributed by atoms with Crippen LogP contribution in [0.25, 0.3) is 0 Å². The smallest absolute Gasteiger partial charge is 0.251 e. The van der Waals surface area contributed by atoms with E-state index >= 15 is 0 Å². The Hall–Kier alpha value is -3.09. The van der Waals surface area contributed by atoms with Gasteiger partial charge in [0.2, 0.25) is 0 Å². The summed E-state index contributed by atoms with van der Waals surface area (Å²) in [6.07, 6.45) is 8.74. The number of nitrogens with zero attached hydrogens (tertiary/aromatic N) is 1. The molecule has 168 valence electrons. The lowest BCUT2D eigenvalue weighted by atomic mass is 9.92. The van der Waals surface area contributed by atoms with Crippen LogP contribution in [0.4, 0.5) is 5.69 Å². The third-order valence-electron chi connectivity index (χ3n) is 5.93. The second-order valence-corrected chi connectivity index (χ2v) is 7.99. The van der Waals surface area contributed by atoms with Gasteiger partial charge in [-0.05, 0) is 29.8 Å². The number of fused-ring (bicyclic) bond motifs is 3. The largest absolute Gasteiger partial charge is 0.497 e. The highest BCUT2D eigenvalue weighted by Crippen LogP contribution is 2.38. The number of methoxy groups -OCH3 is 1. The number of para-hydroxylation sites is 1. The predicted molar refractivity (Wildman–Crippen MR) is 127 cm³/mol. The van der Waals surface area contributed by atoms with Crippen LogP contribution >= 0.6 is 0 Å². The molecule has 2 aliphatic heterocycles. The first-order chi connectivity index (χ1) is 15.7. The number of morpholine rings is 1. The van der Waals surface area contributed by atoms with Crippen LogP contribution in [-0.4, -0.2) is 63.4 Å². The van der Waals surface area contributed by atoms with Gasteiger partial charge in [0.25, 0.3) is 5.91 Å². The molecule has 0 bridgehead atoms. The molecule has 1 saturated heterocycles. The Balaban J connectivity index is 0.000000163. The zero-order chi connectivity index (χ0) is 22.2. The van der Waals surface area contributed by atoms with Crippen LogP contribution in [0, 0.1) is 0 Å². The van der Waals surface area contributed by atoms with Gasteiger partial charge < -0.3 is 20.1 Å². The Labute approximate surface area is 189 Å². The van der Waals surface area contributed by atoms with Gasteiger partial charge in [-0.2, -0.15) is 0 Å². The molecule has 6 heteroatoms. The second-order valence-electron chi connectivity index (χ2n) is 7.99. The Morgan fingerprint density at radius 3 is 2.78 bits per heavy atom. The number of rotatable bonds is 5. The summed E-state index contributed by atoms with van der Waals surface area (Å²) in [5.41, 5.74) is 3.34. The van der Waals surface area contributed by atoms with Gasteiger partial charge >= 0.3 is 0 Å². The zero-order valence-corrected chi connectivity index (χ0v) is 18.5. The van der Waals surface area contributed by atoms with Gasteiger partial charge in [-0.3, -0.25) is 9.69 Å². The van der Waals surface area contributed by atoms with Crippen molar-refractivity contribution in [3.63, 3.8) is 0 Å². The second kappa shape index (κ2) is 11.0. The van der Waals surface area contributed by atoms with Crippen molar-refractivity contribution in [2.75, 3.05) is 51.8 Å². The van der Waals surface area contributed by atoms with Crippen molar-refractivity contribution >= 4 is 11.6 Å². The minimum atomic E-state index is -0.0628. The summed E-state index contributed by atoms with van der Waals surface area (Å²) in [5, 5.41) is 6.42. The van der Waals surface area contributed by atoms with E-state index in [4.69, 9.17) is 9.47 Å². The van der Waals surface area contributed by atoms with Crippen molar-refractivity contribution in [3.8, 4) is 5.75 Å². The number of carbonyl (C=O) groups is 1. The highest BCUT2D eigenvalue weighted by atomic mass is 16.5. The lowest BCUT2D eigenvalue weighted by molar-refractivity contribution is 0.0383. The Morgan fingerprint density at radius 2 is 1.94 bits per heavy atom. The Bertz CT molecular complexity index is 966. The monoisotopic (exact) mass is 433 g/mol. The van der Waals surface area contributed by atoms with E-state index in [1.54, 1.807) is 19.2 Å². The summed E-state index contributed by atoms with van der Waals surface area (Å²) in [4.78, 5) is 14.2. The fourth-order valence-corrected chi connectivity index (χ4v) is 4.16. The summed E-state index contributed by atoms with van der Waals surface area (Å²) in [6, 6.07) is 16.2.